The van der Waals surface area contributed by atoms with Crippen molar-refractivity contribution >= 4 is 5.91 Å². The highest BCUT2D eigenvalue weighted by atomic mass is 19.4. The summed E-state index contributed by atoms with van der Waals surface area (Å²) in [6, 6.07) is 6.81. The lowest BCUT2D eigenvalue weighted by Gasteiger charge is -2.28. The molecule has 2 N–H and O–H groups in total. The van der Waals surface area contributed by atoms with Gasteiger partial charge in [-0.05, 0) is 37.4 Å². The molecule has 1 amide bonds. The quantitative estimate of drug-likeness (QED) is 0.784. The number of carbonyl (C=O) groups is 1. The highest BCUT2D eigenvalue weighted by molar-refractivity contribution is 5.92. The van der Waals surface area contributed by atoms with Gasteiger partial charge >= 0.3 is 6.18 Å². The van der Waals surface area contributed by atoms with Crippen LogP contribution in [0.2, 0.25) is 0 Å². The molecule has 0 saturated carbocycles. The molecule has 0 unspecified atom stereocenters. The Morgan fingerprint density at radius 1 is 1.36 bits per heavy atom. The van der Waals surface area contributed by atoms with Crippen LogP contribution in [0.3, 0.4) is 0 Å². The Labute approximate surface area is 160 Å². The molecule has 2 aromatic rings. The summed E-state index contributed by atoms with van der Waals surface area (Å²) in [7, 11) is 0. The van der Waals surface area contributed by atoms with Crippen LogP contribution in [0.1, 0.15) is 40.2 Å². The Balaban J connectivity index is 1.52. The first-order valence-corrected chi connectivity index (χ1v) is 9.12. The number of hydrogen-bond acceptors (Lipinski definition) is 5. The summed E-state index contributed by atoms with van der Waals surface area (Å²) >= 11 is 0. The molecule has 3 rings (SSSR count). The minimum absolute atomic E-state index is 0.0481. The summed E-state index contributed by atoms with van der Waals surface area (Å²) in [5.41, 5.74) is -0.492. The average molecular weight is 397 g/mol. The van der Waals surface area contributed by atoms with Crippen LogP contribution in [0.5, 0.6) is 0 Å². The zero-order chi connectivity index (χ0) is 20.1. The van der Waals surface area contributed by atoms with Crippen LogP contribution in [0.4, 0.5) is 13.2 Å². The van der Waals surface area contributed by atoms with Gasteiger partial charge in [-0.15, -0.1) is 0 Å². The number of alkyl halides is 3. The van der Waals surface area contributed by atoms with Crippen LogP contribution in [-0.4, -0.2) is 46.8 Å². The van der Waals surface area contributed by atoms with Crippen LogP contribution in [0, 0.1) is 0 Å². The van der Waals surface area contributed by atoms with Gasteiger partial charge in [0.15, 0.2) is 11.5 Å². The lowest BCUT2D eigenvalue weighted by molar-refractivity contribution is -0.138. The second-order valence-corrected chi connectivity index (χ2v) is 6.87. The number of aromatic nitrogens is 1. The lowest BCUT2D eigenvalue weighted by Crippen LogP contribution is -2.37. The molecule has 1 saturated heterocycles. The number of carbonyl (C=O) groups excluding carboxylic acids is 1. The summed E-state index contributed by atoms with van der Waals surface area (Å²) < 4.78 is 44.1. The largest absolute Gasteiger partial charge is 0.416 e. The number of likely N-dealkylation sites (tertiary alicyclic amines) is 1. The number of benzene rings is 1. The first-order chi connectivity index (χ1) is 13.3. The molecule has 1 aliphatic heterocycles. The van der Waals surface area contributed by atoms with Gasteiger partial charge in [0, 0.05) is 19.2 Å². The van der Waals surface area contributed by atoms with Gasteiger partial charge in [0.2, 0.25) is 0 Å². The first-order valence-electron chi connectivity index (χ1n) is 9.12. The third kappa shape index (κ3) is 5.32. The van der Waals surface area contributed by atoms with Crippen LogP contribution in [-0.2, 0) is 19.1 Å². The SMILES string of the molecule is O=C(NCCc1ccccc1C(F)(F)F)c1cc(CN2CCC[C@H](O)C2)on1. The molecule has 1 atom stereocenters. The molecular formula is C19H22F3N3O3. The summed E-state index contributed by atoms with van der Waals surface area (Å²) in [5, 5.41) is 16.0. The summed E-state index contributed by atoms with van der Waals surface area (Å²) in [5.74, 6) is -0.000152. The van der Waals surface area contributed by atoms with Crippen LogP contribution < -0.4 is 5.32 Å². The standard InChI is InChI=1S/C19H22F3N3O3/c20-19(21,22)16-6-2-1-4-13(16)7-8-23-18(27)17-10-15(28-24-17)12-25-9-3-5-14(26)11-25/h1-2,4,6,10,14,26H,3,5,7-9,11-12H2,(H,23,27)/t14-/m0/s1. The molecule has 0 spiro atoms. The maximum absolute atomic E-state index is 13.0. The predicted octanol–water partition coefficient (Wildman–Crippen LogP) is 2.62. The second kappa shape index (κ2) is 8.74. The van der Waals surface area contributed by atoms with Crippen molar-refractivity contribution < 1.29 is 27.6 Å². The van der Waals surface area contributed by atoms with Crippen LogP contribution in [0.15, 0.2) is 34.9 Å². The Morgan fingerprint density at radius 3 is 2.89 bits per heavy atom. The molecular weight excluding hydrogens is 375 g/mol. The molecule has 9 heteroatoms. The van der Waals surface area contributed by atoms with Gasteiger partial charge in [-0.1, -0.05) is 23.4 Å². The van der Waals surface area contributed by atoms with E-state index in [4.69, 9.17) is 4.52 Å². The van der Waals surface area contributed by atoms with E-state index < -0.39 is 17.6 Å². The Kier molecular flexibility index (Phi) is 6.35. The molecule has 0 bridgehead atoms. The molecule has 1 aromatic carbocycles. The number of β-amino-alcohol motifs (C(OH)–C–C–N with tert-alkyl or cyclic N) is 1. The highest BCUT2D eigenvalue weighted by Crippen LogP contribution is 2.31. The summed E-state index contributed by atoms with van der Waals surface area (Å²) in [6.45, 7) is 1.86. The zero-order valence-corrected chi connectivity index (χ0v) is 15.2. The van der Waals surface area contributed by atoms with E-state index in [1.165, 1.54) is 24.3 Å². The number of nitrogens with one attached hydrogen (secondary N) is 1. The van der Waals surface area contributed by atoms with E-state index in [9.17, 15) is 23.1 Å². The third-order valence-electron chi connectivity index (χ3n) is 4.65. The minimum Gasteiger partial charge on any atom is -0.392 e. The summed E-state index contributed by atoms with van der Waals surface area (Å²) in [6.07, 6.45) is -3.07. The monoisotopic (exact) mass is 397 g/mol. The predicted molar refractivity (Wildman–Crippen MR) is 94.5 cm³/mol. The van der Waals surface area contributed by atoms with Gasteiger partial charge in [0.05, 0.1) is 18.2 Å². The molecule has 6 nitrogen and oxygen atoms in total. The van der Waals surface area contributed by atoms with Crippen molar-refractivity contribution in [3.8, 4) is 0 Å². The number of hydrogen-bond donors (Lipinski definition) is 2. The molecule has 1 fully saturated rings. The molecule has 28 heavy (non-hydrogen) atoms. The maximum Gasteiger partial charge on any atom is 0.416 e. The van der Waals surface area contributed by atoms with E-state index in [-0.39, 0.29) is 30.3 Å². The fourth-order valence-corrected chi connectivity index (χ4v) is 3.31. The van der Waals surface area contributed by atoms with Gasteiger partial charge in [-0.3, -0.25) is 9.69 Å². The normalized spacial score (nSPS) is 18.2. The van der Waals surface area contributed by atoms with Gasteiger partial charge in [0.25, 0.3) is 5.91 Å². The molecule has 1 aliphatic rings. The molecule has 152 valence electrons. The number of piperidine rings is 1. The van der Waals surface area contributed by atoms with E-state index in [1.807, 2.05) is 4.90 Å². The Bertz CT molecular complexity index is 807. The van der Waals surface area contributed by atoms with Gasteiger partial charge in [-0.2, -0.15) is 13.2 Å². The van der Waals surface area contributed by atoms with Crippen molar-refractivity contribution in [3.05, 3.63) is 52.9 Å². The van der Waals surface area contributed by atoms with Gasteiger partial charge in [0.1, 0.15) is 0 Å². The number of nitrogens with zero attached hydrogens (tertiary/aromatic N) is 2. The molecule has 1 aromatic heterocycles. The Hall–Kier alpha value is -2.39. The van der Waals surface area contributed by atoms with Crippen molar-refractivity contribution in [1.29, 1.82) is 0 Å². The molecule has 2 heterocycles. The van der Waals surface area contributed by atoms with Crippen molar-refractivity contribution in [3.63, 3.8) is 0 Å². The van der Waals surface area contributed by atoms with Crippen molar-refractivity contribution in [2.75, 3.05) is 19.6 Å². The number of halogens is 3. The number of aliphatic hydroxyl groups excluding tert-OH is 1. The lowest BCUT2D eigenvalue weighted by atomic mass is 10.0. The fraction of sp³-hybridized carbons (Fsp3) is 0.474. The Morgan fingerprint density at radius 2 is 2.14 bits per heavy atom. The van der Waals surface area contributed by atoms with Gasteiger partial charge < -0.3 is 14.9 Å². The number of aliphatic hydroxyl groups is 1. The van der Waals surface area contributed by atoms with E-state index in [0.717, 1.165) is 25.5 Å². The number of rotatable bonds is 6. The second-order valence-electron chi connectivity index (χ2n) is 6.87. The highest BCUT2D eigenvalue weighted by Gasteiger charge is 2.32. The maximum atomic E-state index is 13.0. The molecule has 0 radical (unpaired) electrons. The number of amides is 1. The van der Waals surface area contributed by atoms with E-state index >= 15 is 0 Å². The van der Waals surface area contributed by atoms with Crippen LogP contribution in [0.25, 0.3) is 0 Å². The van der Waals surface area contributed by atoms with Crippen molar-refractivity contribution in [2.24, 2.45) is 0 Å². The van der Waals surface area contributed by atoms with E-state index in [2.05, 4.69) is 10.5 Å². The van der Waals surface area contributed by atoms with Crippen molar-refractivity contribution in [2.45, 2.75) is 38.1 Å². The smallest absolute Gasteiger partial charge is 0.392 e. The van der Waals surface area contributed by atoms with Crippen molar-refractivity contribution in [1.82, 2.24) is 15.4 Å². The average Bonchev–Trinajstić information content (AvgIpc) is 3.10. The molecule has 0 aliphatic carbocycles. The van der Waals surface area contributed by atoms with Crippen LogP contribution >= 0.6 is 0 Å². The van der Waals surface area contributed by atoms with Gasteiger partial charge in [-0.25, -0.2) is 0 Å². The fourth-order valence-electron chi connectivity index (χ4n) is 3.31. The summed E-state index contributed by atoms with van der Waals surface area (Å²) in [4.78, 5) is 14.2. The van der Waals surface area contributed by atoms with E-state index in [0.29, 0.717) is 18.8 Å². The third-order valence-corrected chi connectivity index (χ3v) is 4.65. The minimum atomic E-state index is -4.43. The topological polar surface area (TPSA) is 78.6 Å². The van der Waals surface area contributed by atoms with E-state index in [1.54, 1.807) is 0 Å². The first kappa shape index (κ1) is 20.3. The zero-order valence-electron chi connectivity index (χ0n) is 15.2.